The first kappa shape index (κ1) is 10.2. The molecule has 1 N–H and O–H groups in total. The second-order valence-corrected chi connectivity index (χ2v) is 3.53. The van der Waals surface area contributed by atoms with E-state index in [1.54, 1.807) is 18.3 Å². The number of thiazole rings is 1. The molecule has 0 aliphatic carbocycles. The lowest BCUT2D eigenvalue weighted by atomic mass is 10.2. The van der Waals surface area contributed by atoms with Gasteiger partial charge in [-0.3, -0.25) is 0 Å². The first-order valence-electron chi connectivity index (χ1n) is 4.18. The third-order valence-corrected chi connectivity index (χ3v) is 2.28. The minimum absolute atomic E-state index is 0.250. The highest BCUT2D eigenvalue weighted by atomic mass is 32.1. The number of nitrogens with zero attached hydrogens (tertiary/aromatic N) is 1. The predicted octanol–water partition coefficient (Wildman–Crippen LogP) is 2.60. The summed E-state index contributed by atoms with van der Waals surface area (Å²) in [6.45, 7) is 4.03. The van der Waals surface area contributed by atoms with Gasteiger partial charge in [-0.15, -0.1) is 11.3 Å². The first-order chi connectivity index (χ1) is 6.27. The Kier molecular flexibility index (Phi) is 3.86. The number of aryl methyl sites for hydroxylation is 1. The Morgan fingerprint density at radius 3 is 2.85 bits per heavy atom. The maximum absolute atomic E-state index is 7.57. The van der Waals surface area contributed by atoms with Crippen molar-refractivity contribution < 1.29 is 5.11 Å². The van der Waals surface area contributed by atoms with E-state index in [0.29, 0.717) is 0 Å². The number of aliphatic hydroxyl groups is 1. The minimum atomic E-state index is 0.250. The van der Waals surface area contributed by atoms with Gasteiger partial charge in [-0.2, -0.15) is 0 Å². The summed E-state index contributed by atoms with van der Waals surface area (Å²) in [5.41, 5.74) is 4.29. The van der Waals surface area contributed by atoms with Crippen LogP contribution in [0.3, 0.4) is 0 Å². The molecular formula is C10H13NOS. The van der Waals surface area contributed by atoms with E-state index in [-0.39, 0.29) is 6.61 Å². The minimum Gasteiger partial charge on any atom is -0.397 e. The third-order valence-electron chi connectivity index (χ3n) is 1.49. The van der Waals surface area contributed by atoms with Crippen LogP contribution < -0.4 is 0 Å². The van der Waals surface area contributed by atoms with Gasteiger partial charge in [0.15, 0.2) is 0 Å². The summed E-state index contributed by atoms with van der Waals surface area (Å²) in [5, 5.41) is 7.57. The maximum atomic E-state index is 7.57. The molecule has 2 rings (SSSR count). The normalized spacial score (nSPS) is 9.46. The molecule has 0 fully saturated rings. The topological polar surface area (TPSA) is 33.1 Å². The van der Waals surface area contributed by atoms with E-state index < -0.39 is 0 Å². The Morgan fingerprint density at radius 2 is 2.15 bits per heavy atom. The second-order valence-electron chi connectivity index (χ2n) is 2.64. The van der Waals surface area contributed by atoms with Crippen molar-refractivity contribution in [3.8, 4) is 0 Å². The molecule has 0 aliphatic rings. The highest BCUT2D eigenvalue weighted by molar-refractivity contribution is 7.16. The number of rotatable bonds is 0. The largest absolute Gasteiger partial charge is 0.397 e. The Balaban J connectivity index is 0.000000251. The van der Waals surface area contributed by atoms with E-state index in [9.17, 15) is 0 Å². The lowest BCUT2D eigenvalue weighted by Gasteiger charge is -1.88. The average Bonchev–Trinajstić information content (AvgIpc) is 2.52. The van der Waals surface area contributed by atoms with E-state index in [2.05, 4.69) is 30.1 Å². The smallest absolute Gasteiger partial charge is 0.0812 e. The molecule has 2 aromatic rings. The van der Waals surface area contributed by atoms with Crippen molar-refractivity contribution in [3.63, 3.8) is 0 Å². The van der Waals surface area contributed by atoms with Crippen molar-refractivity contribution in [2.24, 2.45) is 0 Å². The summed E-state index contributed by atoms with van der Waals surface area (Å²) in [5.74, 6) is 0. The molecule has 0 unspecified atom stereocenters. The molecule has 0 saturated heterocycles. The number of aliphatic hydroxyl groups excluding tert-OH is 1. The number of fused-ring (bicyclic) bond motifs is 1. The Bertz CT molecular complexity index is 370. The van der Waals surface area contributed by atoms with Gasteiger partial charge >= 0.3 is 0 Å². The maximum Gasteiger partial charge on any atom is 0.0812 e. The zero-order valence-electron chi connectivity index (χ0n) is 7.82. The van der Waals surface area contributed by atoms with Gasteiger partial charge in [-0.1, -0.05) is 6.07 Å². The van der Waals surface area contributed by atoms with Crippen molar-refractivity contribution in [1.29, 1.82) is 0 Å². The molecule has 0 amide bonds. The van der Waals surface area contributed by atoms with Gasteiger partial charge in [-0.25, -0.2) is 4.98 Å². The fourth-order valence-electron chi connectivity index (χ4n) is 0.962. The van der Waals surface area contributed by atoms with Crippen LogP contribution in [-0.4, -0.2) is 16.7 Å². The fraction of sp³-hybridized carbons (Fsp3) is 0.300. The van der Waals surface area contributed by atoms with Crippen molar-refractivity contribution in [1.82, 2.24) is 4.98 Å². The van der Waals surface area contributed by atoms with E-state index in [0.717, 1.165) is 5.52 Å². The van der Waals surface area contributed by atoms with Crippen LogP contribution in [0.5, 0.6) is 0 Å². The Labute approximate surface area is 81.9 Å². The molecule has 0 saturated carbocycles. The van der Waals surface area contributed by atoms with Gasteiger partial charge < -0.3 is 5.11 Å². The number of aromatic nitrogens is 1. The molecule has 0 radical (unpaired) electrons. The van der Waals surface area contributed by atoms with Crippen LogP contribution in [0, 0.1) is 6.92 Å². The van der Waals surface area contributed by atoms with E-state index in [1.165, 1.54) is 10.3 Å². The summed E-state index contributed by atoms with van der Waals surface area (Å²) < 4.78 is 1.28. The summed E-state index contributed by atoms with van der Waals surface area (Å²) in [4.78, 5) is 4.18. The third kappa shape index (κ3) is 2.79. The molecule has 1 heterocycles. The monoisotopic (exact) mass is 195 g/mol. The van der Waals surface area contributed by atoms with E-state index in [4.69, 9.17) is 5.11 Å². The van der Waals surface area contributed by atoms with Crippen molar-refractivity contribution in [2.75, 3.05) is 6.61 Å². The van der Waals surface area contributed by atoms with Crippen LogP contribution in [-0.2, 0) is 0 Å². The van der Waals surface area contributed by atoms with Crippen LogP contribution in [0.25, 0.3) is 10.2 Å². The van der Waals surface area contributed by atoms with Gasteiger partial charge in [0.1, 0.15) is 0 Å². The SMILES string of the molecule is CCO.Cc1ccc2ncsc2c1. The number of hydrogen-bond acceptors (Lipinski definition) is 3. The van der Waals surface area contributed by atoms with Gasteiger partial charge in [-0.05, 0) is 31.5 Å². The van der Waals surface area contributed by atoms with E-state index >= 15 is 0 Å². The molecule has 1 aromatic carbocycles. The van der Waals surface area contributed by atoms with Crippen molar-refractivity contribution >= 4 is 21.6 Å². The van der Waals surface area contributed by atoms with Crippen LogP contribution in [0.1, 0.15) is 12.5 Å². The van der Waals surface area contributed by atoms with E-state index in [1.807, 2.05) is 5.51 Å². The second kappa shape index (κ2) is 4.94. The van der Waals surface area contributed by atoms with Gasteiger partial charge in [0, 0.05) is 6.61 Å². The quantitative estimate of drug-likeness (QED) is 0.701. The average molecular weight is 195 g/mol. The highest BCUT2D eigenvalue weighted by Gasteiger charge is 1.93. The molecule has 0 atom stereocenters. The number of benzene rings is 1. The fourth-order valence-corrected chi connectivity index (χ4v) is 1.74. The lowest BCUT2D eigenvalue weighted by molar-refractivity contribution is 0.318. The van der Waals surface area contributed by atoms with Gasteiger partial charge in [0.25, 0.3) is 0 Å². The summed E-state index contributed by atoms with van der Waals surface area (Å²) >= 11 is 1.69. The molecule has 13 heavy (non-hydrogen) atoms. The molecular weight excluding hydrogens is 182 g/mol. The molecule has 3 heteroatoms. The zero-order chi connectivity index (χ0) is 9.68. The van der Waals surface area contributed by atoms with Crippen LogP contribution in [0.4, 0.5) is 0 Å². The molecule has 0 aliphatic heterocycles. The van der Waals surface area contributed by atoms with Gasteiger partial charge in [0.05, 0.1) is 15.7 Å². The Morgan fingerprint density at radius 1 is 1.46 bits per heavy atom. The van der Waals surface area contributed by atoms with Crippen LogP contribution in [0.15, 0.2) is 23.7 Å². The highest BCUT2D eigenvalue weighted by Crippen LogP contribution is 2.17. The molecule has 1 aromatic heterocycles. The van der Waals surface area contributed by atoms with Crippen LogP contribution >= 0.6 is 11.3 Å². The van der Waals surface area contributed by atoms with Crippen LogP contribution in [0.2, 0.25) is 0 Å². The first-order valence-corrected chi connectivity index (χ1v) is 5.06. The molecule has 70 valence electrons. The standard InChI is InChI=1S/C8H7NS.C2H6O/c1-6-2-3-7-8(4-6)10-5-9-7;1-2-3/h2-5H,1H3;3H,2H2,1H3. The zero-order valence-corrected chi connectivity index (χ0v) is 8.64. The lowest BCUT2D eigenvalue weighted by Crippen LogP contribution is -1.69. The predicted molar refractivity (Wildman–Crippen MR) is 57.1 cm³/mol. The number of hydrogen-bond donors (Lipinski definition) is 1. The van der Waals surface area contributed by atoms with Crippen molar-refractivity contribution in [2.45, 2.75) is 13.8 Å². The summed E-state index contributed by atoms with van der Waals surface area (Å²) in [7, 11) is 0. The van der Waals surface area contributed by atoms with Gasteiger partial charge in [0.2, 0.25) is 0 Å². The summed E-state index contributed by atoms with van der Waals surface area (Å²) in [6.07, 6.45) is 0. The molecule has 0 bridgehead atoms. The molecule has 0 spiro atoms. The van der Waals surface area contributed by atoms with Crippen molar-refractivity contribution in [3.05, 3.63) is 29.3 Å². The summed E-state index contributed by atoms with van der Waals surface area (Å²) in [6, 6.07) is 6.30. The molecule has 2 nitrogen and oxygen atoms in total. The Hall–Kier alpha value is -0.930.